The van der Waals surface area contributed by atoms with E-state index in [1.54, 1.807) is 0 Å². The van der Waals surface area contributed by atoms with Crippen molar-refractivity contribution in [2.75, 3.05) is 0 Å². The molecule has 0 saturated carbocycles. The fraction of sp³-hybridized carbons (Fsp3) is 0.667. The molecule has 0 aliphatic rings. The van der Waals surface area contributed by atoms with Gasteiger partial charge in [0.05, 0.1) is 0 Å². The first kappa shape index (κ1) is 10.9. The van der Waals surface area contributed by atoms with Crippen LogP contribution in [0.25, 0.3) is 0 Å². The summed E-state index contributed by atoms with van der Waals surface area (Å²) in [7, 11) is 0. The molecule has 1 N–H and O–H groups in total. The van der Waals surface area contributed by atoms with Gasteiger partial charge in [0.2, 0.25) is 0 Å². The van der Waals surface area contributed by atoms with Crippen LogP contribution in [0.2, 0.25) is 0 Å². The van der Waals surface area contributed by atoms with Gasteiger partial charge in [-0.1, -0.05) is 6.92 Å². The third-order valence-corrected chi connectivity index (χ3v) is 0.348. The summed E-state index contributed by atoms with van der Waals surface area (Å²) in [4.78, 5) is 9.39. The summed E-state index contributed by atoms with van der Waals surface area (Å²) in [5.41, 5.74) is 0. The summed E-state index contributed by atoms with van der Waals surface area (Å²) >= 11 is 0. The molecule has 0 aliphatic carbocycles. The topological polar surface area (TPSA) is 60.4 Å². The van der Waals surface area contributed by atoms with Crippen LogP contribution in [-0.4, -0.2) is 17.2 Å². The van der Waals surface area contributed by atoms with Crippen molar-refractivity contribution >= 4 is 5.97 Å². The van der Waals surface area contributed by atoms with Crippen molar-refractivity contribution in [3.63, 3.8) is 0 Å². The molecule has 4 heteroatoms. The number of carbonyl (C=O) groups is 1. The molecule has 0 spiro atoms. The van der Waals surface area contributed by atoms with Crippen molar-refractivity contribution in [3.8, 4) is 0 Å². The largest absolute Gasteiger partial charge is 1.00 e. The molecule has 0 saturated heterocycles. The first-order valence-electron chi connectivity index (χ1n) is 1.53. The zero-order valence-electron chi connectivity index (χ0n) is 4.34. The van der Waals surface area contributed by atoms with Crippen molar-refractivity contribution in [2.24, 2.45) is 0 Å². The van der Waals surface area contributed by atoms with Crippen LogP contribution >= 0.6 is 0 Å². The Kier molecular flexibility index (Phi) is 8.14. The Hall–Kier alpha value is 1.07. The van der Waals surface area contributed by atoms with Gasteiger partial charge in [-0.25, -0.2) is 0 Å². The Morgan fingerprint density at radius 1 is 1.86 bits per heavy atom. The Morgan fingerprint density at radius 2 is 2.00 bits per heavy atom. The molecular formula is C3H5KO3. The molecule has 1 unspecified atom stereocenters. The Bertz CT molecular complexity index is 61.2. The van der Waals surface area contributed by atoms with Gasteiger partial charge in [-0.15, -0.1) is 0 Å². The van der Waals surface area contributed by atoms with Crippen LogP contribution in [0, 0.1) is 0 Å². The van der Waals surface area contributed by atoms with Crippen molar-refractivity contribution in [2.45, 2.75) is 13.0 Å². The summed E-state index contributed by atoms with van der Waals surface area (Å²) in [5.74, 6) is -1.30. The van der Waals surface area contributed by atoms with E-state index in [0.717, 1.165) is 6.92 Å². The molecule has 0 heterocycles. The van der Waals surface area contributed by atoms with E-state index in [2.05, 4.69) is 0 Å². The van der Waals surface area contributed by atoms with Crippen LogP contribution in [0.15, 0.2) is 0 Å². The molecular weight excluding hydrogens is 123 g/mol. The standard InChI is InChI=1S/C3H5O3.K/c1-2(4)3(5)6;/h2H,1H3,(H,5,6);/q-1;+1. The normalized spacial score (nSPS) is 11.7. The molecule has 0 amide bonds. The fourth-order valence-corrected chi connectivity index (χ4v) is 0. The third kappa shape index (κ3) is 7.07. The van der Waals surface area contributed by atoms with Crippen LogP contribution in [-0.2, 0) is 4.79 Å². The molecule has 0 aromatic carbocycles. The predicted octanol–water partition coefficient (Wildman–Crippen LogP) is -4.18. The molecule has 0 bridgehead atoms. The van der Waals surface area contributed by atoms with Crippen molar-refractivity contribution in [1.29, 1.82) is 0 Å². The number of hydrogen-bond donors (Lipinski definition) is 1. The van der Waals surface area contributed by atoms with Crippen LogP contribution in [0.3, 0.4) is 0 Å². The molecule has 0 aliphatic heterocycles. The van der Waals surface area contributed by atoms with Gasteiger partial charge in [-0.2, -0.15) is 0 Å². The molecule has 0 aromatic heterocycles. The van der Waals surface area contributed by atoms with E-state index in [0.29, 0.717) is 0 Å². The zero-order valence-corrected chi connectivity index (χ0v) is 7.46. The second-order valence-corrected chi connectivity index (χ2v) is 0.980. The second-order valence-electron chi connectivity index (χ2n) is 0.980. The molecule has 0 aromatic rings. The Morgan fingerprint density at radius 3 is 2.00 bits per heavy atom. The van der Waals surface area contributed by atoms with E-state index in [9.17, 15) is 9.90 Å². The Labute approximate surface area is 84.1 Å². The minimum atomic E-state index is -1.48. The molecule has 3 nitrogen and oxygen atoms in total. The maximum absolute atomic E-state index is 9.63. The van der Waals surface area contributed by atoms with E-state index in [4.69, 9.17) is 5.11 Å². The van der Waals surface area contributed by atoms with Gasteiger partial charge in [0.15, 0.2) is 0 Å². The minimum absolute atomic E-state index is 0. The monoisotopic (exact) mass is 128 g/mol. The van der Waals surface area contributed by atoms with E-state index < -0.39 is 12.1 Å². The fourth-order valence-electron chi connectivity index (χ4n) is 0. The van der Waals surface area contributed by atoms with Crippen LogP contribution < -0.4 is 56.5 Å². The molecule has 7 heavy (non-hydrogen) atoms. The molecule has 0 fully saturated rings. The third-order valence-electron chi connectivity index (χ3n) is 0.348. The summed E-state index contributed by atoms with van der Waals surface area (Å²) in [5, 5.41) is 17.3. The molecule has 0 rings (SSSR count). The van der Waals surface area contributed by atoms with Gasteiger partial charge in [-0.3, -0.25) is 4.79 Å². The maximum atomic E-state index is 9.63. The first-order chi connectivity index (χ1) is 2.64. The quantitative estimate of drug-likeness (QED) is 0.364. The van der Waals surface area contributed by atoms with Gasteiger partial charge in [0, 0.05) is 0 Å². The summed E-state index contributed by atoms with van der Waals surface area (Å²) in [6.07, 6.45) is -1.48. The van der Waals surface area contributed by atoms with Gasteiger partial charge in [0.1, 0.15) is 0 Å². The van der Waals surface area contributed by atoms with Crippen LogP contribution in [0.4, 0.5) is 0 Å². The van der Waals surface area contributed by atoms with E-state index >= 15 is 0 Å². The summed E-state index contributed by atoms with van der Waals surface area (Å²) < 4.78 is 0. The average Bonchev–Trinajstić information content (AvgIpc) is 1.36. The van der Waals surface area contributed by atoms with E-state index in [1.165, 1.54) is 0 Å². The number of carboxylic acids is 1. The number of rotatable bonds is 1. The summed E-state index contributed by atoms with van der Waals surface area (Å²) in [6.45, 7) is 1.09. The maximum Gasteiger partial charge on any atom is 1.00 e. The Balaban J connectivity index is 0. The van der Waals surface area contributed by atoms with E-state index in [-0.39, 0.29) is 51.4 Å². The average molecular weight is 128 g/mol. The second kappa shape index (κ2) is 5.21. The van der Waals surface area contributed by atoms with Crippen molar-refractivity contribution in [3.05, 3.63) is 0 Å². The number of aliphatic carboxylic acids is 1. The SMILES string of the molecule is CC([O-])C(=O)O.[K+]. The van der Waals surface area contributed by atoms with Gasteiger partial charge in [0.25, 0.3) is 5.97 Å². The smallest absolute Gasteiger partial charge is 0.844 e. The van der Waals surface area contributed by atoms with Crippen LogP contribution in [0.1, 0.15) is 6.92 Å². The van der Waals surface area contributed by atoms with Gasteiger partial charge >= 0.3 is 51.4 Å². The van der Waals surface area contributed by atoms with Crippen molar-refractivity contribution < 1.29 is 66.4 Å². The van der Waals surface area contributed by atoms with Crippen LogP contribution in [0.5, 0.6) is 0 Å². The number of hydrogen-bond acceptors (Lipinski definition) is 2. The van der Waals surface area contributed by atoms with Gasteiger partial charge < -0.3 is 10.2 Å². The van der Waals surface area contributed by atoms with E-state index in [1.807, 2.05) is 0 Å². The minimum Gasteiger partial charge on any atom is -0.844 e. The zero-order chi connectivity index (χ0) is 5.15. The molecule has 0 radical (unpaired) electrons. The van der Waals surface area contributed by atoms with Crippen molar-refractivity contribution in [1.82, 2.24) is 0 Å². The predicted molar refractivity (Wildman–Crippen MR) is 17.1 cm³/mol. The molecule has 1 atom stereocenters. The molecule has 36 valence electrons. The number of carboxylic acid groups (broad SMARTS) is 1. The first-order valence-corrected chi connectivity index (χ1v) is 1.53. The van der Waals surface area contributed by atoms with Gasteiger partial charge in [-0.05, 0) is 6.10 Å². The summed E-state index contributed by atoms with van der Waals surface area (Å²) in [6, 6.07) is 0.